The molecule has 0 bridgehead atoms. The van der Waals surface area contributed by atoms with Crippen molar-refractivity contribution < 1.29 is 27.1 Å². The number of hydrogen-bond donors (Lipinski definition) is 2. The van der Waals surface area contributed by atoms with Crippen LogP contribution in [0.3, 0.4) is 0 Å². The van der Waals surface area contributed by atoms with Crippen LogP contribution in [0, 0.1) is 11.7 Å². The number of carbonyl (C=O) groups is 1. The maximum atomic E-state index is 15.7. The van der Waals surface area contributed by atoms with Crippen molar-refractivity contribution in [3.05, 3.63) is 72.3 Å². The molecule has 1 saturated carbocycles. The van der Waals surface area contributed by atoms with E-state index in [1.807, 2.05) is 44.2 Å². The highest BCUT2D eigenvalue weighted by molar-refractivity contribution is 7.92. The Morgan fingerprint density at radius 2 is 1.84 bits per heavy atom. The van der Waals surface area contributed by atoms with Crippen molar-refractivity contribution in [2.75, 3.05) is 42.7 Å². The molecule has 6 rings (SSSR count). The minimum Gasteiger partial charge on any atom is -0.493 e. The smallest absolute Gasteiger partial charge is 0.238 e. The minimum atomic E-state index is -3.69. The molecule has 2 aromatic heterocycles. The van der Waals surface area contributed by atoms with Crippen LogP contribution in [-0.4, -0.2) is 63.4 Å². The van der Waals surface area contributed by atoms with Gasteiger partial charge in [0.2, 0.25) is 21.8 Å². The number of hydrogen-bond acceptors (Lipinski definition) is 8. The molecule has 0 unspecified atom stereocenters. The number of anilines is 2. The summed E-state index contributed by atoms with van der Waals surface area (Å²) < 4.78 is 54.2. The number of benzene rings is 2. The van der Waals surface area contributed by atoms with Gasteiger partial charge in [0.05, 0.1) is 35.7 Å². The van der Waals surface area contributed by atoms with Crippen LogP contribution in [0.4, 0.5) is 15.8 Å². The molecule has 3 heterocycles. The van der Waals surface area contributed by atoms with Crippen LogP contribution < -0.4 is 24.4 Å². The Morgan fingerprint density at radius 1 is 1.09 bits per heavy atom. The zero-order chi connectivity index (χ0) is 31.9. The van der Waals surface area contributed by atoms with Gasteiger partial charge in [0.15, 0.2) is 0 Å². The quantitative estimate of drug-likeness (QED) is 0.224. The number of ether oxygens (including phenoxy) is 2. The van der Waals surface area contributed by atoms with Crippen LogP contribution in [0.25, 0.3) is 22.0 Å². The molecule has 1 amide bonds. The molecule has 2 aliphatic rings. The summed E-state index contributed by atoms with van der Waals surface area (Å²) in [5, 5.41) is 3.89. The first kappa shape index (κ1) is 30.7. The van der Waals surface area contributed by atoms with E-state index in [4.69, 9.17) is 9.47 Å². The number of aromatic nitrogens is 2. The lowest BCUT2D eigenvalue weighted by atomic mass is 9.58. The van der Waals surface area contributed by atoms with Gasteiger partial charge in [-0.3, -0.25) is 14.5 Å². The van der Waals surface area contributed by atoms with E-state index >= 15 is 4.39 Å². The number of nitrogens with zero attached hydrogens (tertiary/aromatic N) is 3. The number of para-hydroxylation sites is 1. The number of amides is 1. The molecule has 0 atom stereocenters. The van der Waals surface area contributed by atoms with Crippen molar-refractivity contribution in [2.24, 2.45) is 5.92 Å². The van der Waals surface area contributed by atoms with Crippen molar-refractivity contribution >= 4 is 38.2 Å². The van der Waals surface area contributed by atoms with Gasteiger partial charge in [-0.05, 0) is 43.0 Å². The Morgan fingerprint density at radius 3 is 2.56 bits per heavy atom. The molecule has 4 aromatic rings. The molecule has 45 heavy (non-hydrogen) atoms. The van der Waals surface area contributed by atoms with Crippen molar-refractivity contribution in [1.82, 2.24) is 15.3 Å². The highest BCUT2D eigenvalue weighted by atomic mass is 32.2. The molecular formula is C33H36FN5O5S. The molecule has 0 saturated heterocycles. The number of halogens is 1. The molecule has 1 aliphatic carbocycles. The van der Waals surface area contributed by atoms with Crippen LogP contribution in [0.5, 0.6) is 11.6 Å². The third kappa shape index (κ3) is 6.04. The fourth-order valence-corrected chi connectivity index (χ4v) is 6.90. The molecule has 1 aliphatic heterocycles. The van der Waals surface area contributed by atoms with Gasteiger partial charge in [-0.15, -0.1) is 0 Å². The molecular weight excluding hydrogens is 597 g/mol. The molecule has 1 spiro atoms. The normalized spacial score (nSPS) is 19.2. The summed E-state index contributed by atoms with van der Waals surface area (Å²) in [6.45, 7) is 5.29. The maximum absolute atomic E-state index is 15.7. The summed E-state index contributed by atoms with van der Waals surface area (Å²) in [6.07, 6.45) is 5.31. The van der Waals surface area contributed by atoms with Gasteiger partial charge < -0.3 is 19.7 Å². The van der Waals surface area contributed by atoms with E-state index in [1.54, 1.807) is 24.2 Å². The van der Waals surface area contributed by atoms with E-state index in [1.165, 1.54) is 18.3 Å². The summed E-state index contributed by atoms with van der Waals surface area (Å²) >= 11 is 0. The zero-order valence-electron chi connectivity index (χ0n) is 25.6. The summed E-state index contributed by atoms with van der Waals surface area (Å²) in [5.74, 6) is 0.483. The van der Waals surface area contributed by atoms with Gasteiger partial charge in [0, 0.05) is 54.0 Å². The topological polar surface area (TPSA) is 123 Å². The number of pyridine rings is 2. The van der Waals surface area contributed by atoms with Crippen LogP contribution >= 0.6 is 0 Å². The highest BCUT2D eigenvalue weighted by Crippen LogP contribution is 2.57. The van der Waals surface area contributed by atoms with Crippen molar-refractivity contribution in [3.63, 3.8) is 0 Å². The fraction of sp³-hybridized carbons (Fsp3) is 0.364. The minimum absolute atomic E-state index is 0.0107. The van der Waals surface area contributed by atoms with E-state index in [0.29, 0.717) is 48.1 Å². The lowest BCUT2D eigenvalue weighted by Gasteiger charge is -2.44. The van der Waals surface area contributed by atoms with Crippen LogP contribution in [0.1, 0.15) is 32.3 Å². The Balaban J connectivity index is 1.35. The van der Waals surface area contributed by atoms with E-state index in [-0.39, 0.29) is 41.6 Å². The molecule has 12 heteroatoms. The number of sulfonamides is 1. The molecule has 1 fully saturated rings. The second-order valence-corrected chi connectivity index (χ2v) is 13.9. The van der Waals surface area contributed by atoms with Crippen LogP contribution in [0.15, 0.2) is 60.9 Å². The van der Waals surface area contributed by atoms with E-state index < -0.39 is 21.3 Å². The van der Waals surface area contributed by atoms with Crippen LogP contribution in [0.2, 0.25) is 0 Å². The lowest BCUT2D eigenvalue weighted by molar-refractivity contribution is -0.128. The van der Waals surface area contributed by atoms with Crippen LogP contribution in [-0.2, 0) is 20.2 Å². The molecule has 0 radical (unpaired) electrons. The average Bonchev–Trinajstić information content (AvgIpc) is 3.20. The Hall–Kier alpha value is -4.29. The molecule has 236 valence electrons. The third-order valence-electron chi connectivity index (χ3n) is 8.34. The number of rotatable bonds is 11. The van der Waals surface area contributed by atoms with Crippen molar-refractivity contribution in [1.29, 1.82) is 0 Å². The molecule has 2 aromatic carbocycles. The average molecular weight is 634 g/mol. The largest absolute Gasteiger partial charge is 0.493 e. The van der Waals surface area contributed by atoms with Gasteiger partial charge in [-0.25, -0.2) is 17.8 Å². The number of likely N-dealkylation sites (N-methyl/N-ethyl adjacent to an activating group) is 1. The third-order valence-corrected chi connectivity index (χ3v) is 8.94. The lowest BCUT2D eigenvalue weighted by Crippen LogP contribution is -2.50. The predicted octanol–water partition coefficient (Wildman–Crippen LogP) is 4.89. The summed E-state index contributed by atoms with van der Waals surface area (Å²) in [4.78, 5) is 24.2. The fourth-order valence-electron chi connectivity index (χ4n) is 6.35. The van der Waals surface area contributed by atoms with E-state index in [9.17, 15) is 13.2 Å². The number of fused-ring (bicyclic) bond motifs is 4. The van der Waals surface area contributed by atoms with Crippen molar-refractivity contribution in [3.8, 4) is 22.8 Å². The summed E-state index contributed by atoms with van der Waals surface area (Å²) in [6, 6.07) is 14.4. The van der Waals surface area contributed by atoms with E-state index in [2.05, 4.69) is 20.0 Å². The summed E-state index contributed by atoms with van der Waals surface area (Å²) in [5.41, 5.74) is 1.86. The predicted molar refractivity (Wildman–Crippen MR) is 172 cm³/mol. The monoisotopic (exact) mass is 633 g/mol. The molecule has 2 N–H and O–H groups in total. The van der Waals surface area contributed by atoms with Crippen molar-refractivity contribution in [2.45, 2.75) is 38.1 Å². The second kappa shape index (κ2) is 11.9. The zero-order valence-corrected chi connectivity index (χ0v) is 26.4. The Kier molecular flexibility index (Phi) is 8.13. The van der Waals surface area contributed by atoms with Gasteiger partial charge in [-0.1, -0.05) is 32.0 Å². The Labute approximate surface area is 262 Å². The number of carbonyl (C=O) groups excluding carboxylic acids is 1. The first-order chi connectivity index (χ1) is 21.4. The SMILES string of the molecule is CC(C)NCCOc1ncc(-c2cc3c(cc2F)ncc2c3[C@]3(C[C@H](COc4ccccc4)C3)C(=O)N2C)cc1NS(C)(=O)=O. The second-order valence-electron chi connectivity index (χ2n) is 12.1. The maximum Gasteiger partial charge on any atom is 0.238 e. The number of nitrogens with one attached hydrogen (secondary N) is 2. The van der Waals surface area contributed by atoms with Gasteiger partial charge in [-0.2, -0.15) is 0 Å². The van der Waals surface area contributed by atoms with E-state index in [0.717, 1.165) is 17.6 Å². The highest BCUT2D eigenvalue weighted by Gasteiger charge is 2.58. The first-order valence-corrected chi connectivity index (χ1v) is 16.8. The van der Waals surface area contributed by atoms with Gasteiger partial charge in [0.1, 0.15) is 23.9 Å². The first-order valence-electron chi connectivity index (χ1n) is 14.9. The summed E-state index contributed by atoms with van der Waals surface area (Å²) in [7, 11) is -1.95. The van der Waals surface area contributed by atoms with Gasteiger partial charge >= 0.3 is 0 Å². The Bertz CT molecular complexity index is 1860. The standard InChI is InChI=1S/C33H36FN5O5S/c1-20(2)35-10-11-43-31-28(38-45(4,41)42)12-22(17-37-31)24-13-25-27(14-26(24)34)36-18-29-30(25)33(32(40)39(29)3)15-21(16-33)19-44-23-8-6-5-7-9-23/h5-9,12-14,17-18,20-21,35,38H,10-11,15-16,19H2,1-4H3/t21-,33+. The molecule has 10 nitrogen and oxygen atoms in total. The van der Waals surface area contributed by atoms with Gasteiger partial charge in [0.25, 0.3) is 0 Å².